The maximum Gasteiger partial charge on any atom is 0.226 e. The Morgan fingerprint density at radius 2 is 2.22 bits per heavy atom. The van der Waals surface area contributed by atoms with Crippen molar-refractivity contribution in [1.29, 1.82) is 0 Å². The molecule has 0 atom stereocenters. The topological polar surface area (TPSA) is 42.0 Å². The van der Waals surface area contributed by atoms with E-state index >= 15 is 0 Å². The number of para-hydroxylation sites is 1. The van der Waals surface area contributed by atoms with Gasteiger partial charge in [-0.1, -0.05) is 30.3 Å². The first-order valence-electron chi connectivity index (χ1n) is 5.93. The minimum Gasteiger partial charge on any atom is -0.352 e. The van der Waals surface area contributed by atoms with E-state index in [1.807, 2.05) is 37.3 Å². The number of amides is 1. The Balaban J connectivity index is 2.22. The molecule has 0 aliphatic rings. The predicted octanol–water partition coefficient (Wildman–Crippen LogP) is 2.39. The first-order valence-corrected chi connectivity index (χ1v) is 5.93. The Kier molecular flexibility index (Phi) is 3.72. The van der Waals surface area contributed by atoms with Crippen LogP contribution in [0.4, 0.5) is 0 Å². The van der Waals surface area contributed by atoms with Crippen LogP contribution in [0.25, 0.3) is 10.9 Å². The van der Waals surface area contributed by atoms with Gasteiger partial charge in [-0.15, -0.1) is 6.58 Å². The third kappa shape index (κ3) is 2.74. The summed E-state index contributed by atoms with van der Waals surface area (Å²) in [7, 11) is 0. The highest BCUT2D eigenvalue weighted by Crippen LogP contribution is 2.16. The van der Waals surface area contributed by atoms with Crippen LogP contribution in [0.15, 0.2) is 43.0 Å². The fourth-order valence-electron chi connectivity index (χ4n) is 1.85. The molecule has 1 N–H and O–H groups in total. The lowest BCUT2D eigenvalue weighted by Crippen LogP contribution is -2.25. The molecule has 0 unspecified atom stereocenters. The molecule has 3 nitrogen and oxygen atoms in total. The highest BCUT2D eigenvalue weighted by atomic mass is 16.1. The number of carbonyl (C=O) groups is 1. The van der Waals surface area contributed by atoms with Gasteiger partial charge in [-0.05, 0) is 18.6 Å². The van der Waals surface area contributed by atoms with Crippen molar-refractivity contribution in [3.05, 3.63) is 54.2 Å². The number of aromatic nitrogens is 1. The first kappa shape index (κ1) is 12.3. The van der Waals surface area contributed by atoms with E-state index < -0.39 is 0 Å². The summed E-state index contributed by atoms with van der Waals surface area (Å²) >= 11 is 0. The minimum absolute atomic E-state index is 0.0321. The summed E-state index contributed by atoms with van der Waals surface area (Å²) in [6.07, 6.45) is 1.97. The van der Waals surface area contributed by atoms with E-state index in [0.29, 0.717) is 13.0 Å². The highest BCUT2D eigenvalue weighted by Gasteiger charge is 2.05. The van der Waals surface area contributed by atoms with E-state index in [0.717, 1.165) is 22.2 Å². The molecule has 92 valence electrons. The molecule has 1 aromatic heterocycles. The molecule has 0 spiro atoms. The van der Waals surface area contributed by atoms with Crippen LogP contribution < -0.4 is 5.32 Å². The Morgan fingerprint density at radius 3 is 3.00 bits per heavy atom. The summed E-state index contributed by atoms with van der Waals surface area (Å²) in [5.41, 5.74) is 2.88. The van der Waals surface area contributed by atoms with E-state index in [1.165, 1.54) is 0 Å². The Labute approximate surface area is 107 Å². The molecule has 0 aliphatic carbocycles. The summed E-state index contributed by atoms with van der Waals surface area (Å²) in [6.45, 7) is 6.08. The Bertz CT molecular complexity index is 590. The molecule has 1 aromatic carbocycles. The number of rotatable bonds is 4. The number of aryl methyl sites for hydroxylation is 1. The second-order valence-electron chi connectivity index (χ2n) is 4.22. The number of fused-ring (bicyclic) bond motifs is 1. The quantitative estimate of drug-likeness (QED) is 0.834. The highest BCUT2D eigenvalue weighted by molar-refractivity contribution is 5.83. The standard InChI is InChI=1S/C15H16N2O/c1-3-9-16-14(18)10-13-8-7-12-6-4-5-11(2)15(12)17-13/h3-8H,1,9-10H2,2H3,(H,16,18). The van der Waals surface area contributed by atoms with Gasteiger partial charge in [-0.3, -0.25) is 9.78 Å². The summed E-state index contributed by atoms with van der Waals surface area (Å²) in [5.74, 6) is -0.0321. The molecule has 1 amide bonds. The molecule has 3 heteroatoms. The van der Waals surface area contributed by atoms with Gasteiger partial charge in [0, 0.05) is 11.9 Å². The molecule has 18 heavy (non-hydrogen) atoms. The van der Waals surface area contributed by atoms with Gasteiger partial charge >= 0.3 is 0 Å². The Morgan fingerprint density at radius 1 is 1.39 bits per heavy atom. The van der Waals surface area contributed by atoms with Crippen molar-refractivity contribution < 1.29 is 4.79 Å². The van der Waals surface area contributed by atoms with E-state index in [1.54, 1.807) is 6.08 Å². The van der Waals surface area contributed by atoms with E-state index in [4.69, 9.17) is 0 Å². The predicted molar refractivity (Wildman–Crippen MR) is 73.4 cm³/mol. The van der Waals surface area contributed by atoms with Crippen LogP contribution in [-0.4, -0.2) is 17.4 Å². The second kappa shape index (κ2) is 5.45. The van der Waals surface area contributed by atoms with Gasteiger partial charge in [0.05, 0.1) is 17.6 Å². The van der Waals surface area contributed by atoms with Gasteiger partial charge in [0.2, 0.25) is 5.91 Å². The molecule has 2 aromatic rings. The van der Waals surface area contributed by atoms with Gasteiger partial charge in [0.25, 0.3) is 0 Å². The molecule has 0 bridgehead atoms. The lowest BCUT2D eigenvalue weighted by Gasteiger charge is -2.05. The number of pyridine rings is 1. The molecule has 0 saturated heterocycles. The van der Waals surface area contributed by atoms with Crippen molar-refractivity contribution in [2.75, 3.05) is 6.54 Å². The maximum atomic E-state index is 11.6. The normalized spacial score (nSPS) is 10.3. The monoisotopic (exact) mass is 240 g/mol. The number of nitrogens with one attached hydrogen (secondary N) is 1. The molecular weight excluding hydrogens is 224 g/mol. The minimum atomic E-state index is -0.0321. The molecule has 1 heterocycles. The van der Waals surface area contributed by atoms with Crippen molar-refractivity contribution in [1.82, 2.24) is 10.3 Å². The first-order chi connectivity index (χ1) is 8.70. The van der Waals surface area contributed by atoms with Crippen LogP contribution >= 0.6 is 0 Å². The van der Waals surface area contributed by atoms with Gasteiger partial charge in [0.15, 0.2) is 0 Å². The summed E-state index contributed by atoms with van der Waals surface area (Å²) in [5, 5.41) is 3.85. The van der Waals surface area contributed by atoms with Crippen LogP contribution in [0.5, 0.6) is 0 Å². The second-order valence-corrected chi connectivity index (χ2v) is 4.22. The maximum absolute atomic E-state index is 11.6. The van der Waals surface area contributed by atoms with Gasteiger partial charge < -0.3 is 5.32 Å². The van der Waals surface area contributed by atoms with Gasteiger partial charge in [-0.25, -0.2) is 0 Å². The van der Waals surface area contributed by atoms with Gasteiger partial charge in [0.1, 0.15) is 0 Å². The Hall–Kier alpha value is -2.16. The van der Waals surface area contributed by atoms with E-state index in [-0.39, 0.29) is 5.91 Å². The lowest BCUT2D eigenvalue weighted by atomic mass is 10.1. The third-order valence-corrected chi connectivity index (χ3v) is 2.76. The number of benzene rings is 1. The molecule has 0 fully saturated rings. The number of nitrogens with zero attached hydrogens (tertiary/aromatic N) is 1. The molecule has 2 rings (SSSR count). The van der Waals surface area contributed by atoms with E-state index in [9.17, 15) is 4.79 Å². The van der Waals surface area contributed by atoms with Crippen LogP contribution in [0.3, 0.4) is 0 Å². The molecule has 0 saturated carbocycles. The van der Waals surface area contributed by atoms with E-state index in [2.05, 4.69) is 16.9 Å². The van der Waals surface area contributed by atoms with Crippen LogP contribution in [-0.2, 0) is 11.2 Å². The van der Waals surface area contributed by atoms with Crippen molar-refractivity contribution in [3.63, 3.8) is 0 Å². The molecule has 0 aliphatic heterocycles. The van der Waals surface area contributed by atoms with Crippen LogP contribution in [0, 0.1) is 6.92 Å². The summed E-state index contributed by atoms with van der Waals surface area (Å²) < 4.78 is 0. The smallest absolute Gasteiger partial charge is 0.226 e. The zero-order valence-electron chi connectivity index (χ0n) is 10.4. The van der Waals surface area contributed by atoms with Crippen molar-refractivity contribution in [2.45, 2.75) is 13.3 Å². The average molecular weight is 240 g/mol. The lowest BCUT2D eigenvalue weighted by molar-refractivity contribution is -0.120. The molecule has 0 radical (unpaired) electrons. The molecular formula is C15H16N2O. The fourth-order valence-corrected chi connectivity index (χ4v) is 1.85. The average Bonchev–Trinajstić information content (AvgIpc) is 2.37. The summed E-state index contributed by atoms with van der Waals surface area (Å²) in [4.78, 5) is 16.1. The van der Waals surface area contributed by atoms with Crippen molar-refractivity contribution in [3.8, 4) is 0 Å². The summed E-state index contributed by atoms with van der Waals surface area (Å²) in [6, 6.07) is 9.96. The largest absolute Gasteiger partial charge is 0.352 e. The number of carbonyl (C=O) groups excluding carboxylic acids is 1. The van der Waals surface area contributed by atoms with Crippen molar-refractivity contribution >= 4 is 16.8 Å². The van der Waals surface area contributed by atoms with Crippen molar-refractivity contribution in [2.24, 2.45) is 0 Å². The van der Waals surface area contributed by atoms with Gasteiger partial charge in [-0.2, -0.15) is 0 Å². The third-order valence-electron chi connectivity index (χ3n) is 2.76. The van der Waals surface area contributed by atoms with Crippen LogP contribution in [0.2, 0.25) is 0 Å². The zero-order valence-corrected chi connectivity index (χ0v) is 10.4. The number of hydrogen-bond acceptors (Lipinski definition) is 2. The number of hydrogen-bond donors (Lipinski definition) is 1. The fraction of sp³-hybridized carbons (Fsp3) is 0.200. The SMILES string of the molecule is C=CCNC(=O)Cc1ccc2cccc(C)c2n1. The van der Waals surface area contributed by atoms with Crippen LogP contribution in [0.1, 0.15) is 11.3 Å². The zero-order chi connectivity index (χ0) is 13.0.